The maximum absolute atomic E-state index is 4.37. The summed E-state index contributed by atoms with van der Waals surface area (Å²) in [5.74, 6) is 1.14. The zero-order valence-electron chi connectivity index (χ0n) is 8.75. The molecule has 76 valence electrons. The van der Waals surface area contributed by atoms with Crippen LogP contribution in [0.1, 0.15) is 24.1 Å². The molecule has 4 nitrogen and oxygen atoms in total. The van der Waals surface area contributed by atoms with E-state index in [1.165, 1.54) is 17.7 Å². The molecule has 0 radical (unpaired) electrons. The molecule has 0 aliphatic carbocycles. The van der Waals surface area contributed by atoms with Crippen molar-refractivity contribution in [2.75, 3.05) is 6.54 Å². The third-order valence-corrected chi connectivity index (χ3v) is 2.60. The first kappa shape index (κ1) is 9.24. The molecule has 1 aliphatic rings. The number of hydrogen-bond acceptors (Lipinski definition) is 3. The van der Waals surface area contributed by atoms with Crippen molar-refractivity contribution in [2.24, 2.45) is 12.0 Å². The van der Waals surface area contributed by atoms with Gasteiger partial charge in [-0.3, -0.25) is 9.67 Å². The van der Waals surface area contributed by atoms with E-state index in [1.54, 1.807) is 0 Å². The molecule has 2 rings (SSSR count). The van der Waals surface area contributed by atoms with E-state index in [0.717, 1.165) is 25.3 Å². The Morgan fingerprint density at radius 3 is 3.00 bits per heavy atom. The van der Waals surface area contributed by atoms with Gasteiger partial charge in [0.2, 0.25) is 0 Å². The Balaban J connectivity index is 1.97. The van der Waals surface area contributed by atoms with Crippen LogP contribution in [0, 0.1) is 6.92 Å². The Morgan fingerprint density at radius 2 is 2.43 bits per heavy atom. The lowest BCUT2D eigenvalue weighted by Gasteiger charge is -2.06. The number of amidine groups is 1. The van der Waals surface area contributed by atoms with Gasteiger partial charge in [0.25, 0.3) is 0 Å². The monoisotopic (exact) mass is 192 g/mol. The van der Waals surface area contributed by atoms with Gasteiger partial charge in [-0.15, -0.1) is 0 Å². The van der Waals surface area contributed by atoms with Crippen LogP contribution in [-0.4, -0.2) is 22.2 Å². The summed E-state index contributed by atoms with van der Waals surface area (Å²) in [6.45, 7) is 3.90. The summed E-state index contributed by atoms with van der Waals surface area (Å²) in [7, 11) is 1.97. The fourth-order valence-electron chi connectivity index (χ4n) is 1.70. The van der Waals surface area contributed by atoms with Crippen molar-refractivity contribution in [3.05, 3.63) is 17.5 Å². The van der Waals surface area contributed by atoms with Crippen molar-refractivity contribution < 1.29 is 0 Å². The molecule has 1 aliphatic heterocycles. The van der Waals surface area contributed by atoms with E-state index in [1.807, 2.05) is 17.9 Å². The molecule has 14 heavy (non-hydrogen) atoms. The first-order valence-electron chi connectivity index (χ1n) is 5.02. The van der Waals surface area contributed by atoms with Crippen molar-refractivity contribution in [3.63, 3.8) is 0 Å². The minimum absolute atomic E-state index is 0.834. The number of rotatable bonds is 2. The zero-order chi connectivity index (χ0) is 9.97. The summed E-state index contributed by atoms with van der Waals surface area (Å²) >= 11 is 0. The van der Waals surface area contributed by atoms with Gasteiger partial charge in [-0.1, -0.05) is 0 Å². The molecular weight excluding hydrogens is 176 g/mol. The smallest absolute Gasteiger partial charge is 0.0966 e. The van der Waals surface area contributed by atoms with Gasteiger partial charge in [0.05, 0.1) is 24.3 Å². The molecule has 0 atom stereocenters. The summed E-state index contributed by atoms with van der Waals surface area (Å²) in [6.07, 6.45) is 4.18. The van der Waals surface area contributed by atoms with Crippen LogP contribution >= 0.6 is 0 Å². The normalized spacial score (nSPS) is 15.7. The number of aromatic nitrogens is 2. The molecular formula is C10H16N4. The van der Waals surface area contributed by atoms with Crippen molar-refractivity contribution in [3.8, 4) is 0 Å². The lowest BCUT2D eigenvalue weighted by molar-refractivity contribution is 0.689. The zero-order valence-corrected chi connectivity index (χ0v) is 8.75. The maximum Gasteiger partial charge on any atom is 0.0966 e. The highest BCUT2D eigenvalue weighted by atomic mass is 15.3. The Morgan fingerprint density at radius 1 is 1.57 bits per heavy atom. The molecule has 1 aromatic rings. The van der Waals surface area contributed by atoms with Crippen molar-refractivity contribution in [1.82, 2.24) is 15.1 Å². The third kappa shape index (κ3) is 1.78. The SMILES string of the molecule is Cc1cnn(C)c1CNC1=NCCC1. The van der Waals surface area contributed by atoms with Gasteiger partial charge >= 0.3 is 0 Å². The van der Waals surface area contributed by atoms with Crippen LogP contribution in [0.2, 0.25) is 0 Å². The molecule has 0 unspecified atom stereocenters. The molecule has 4 heteroatoms. The van der Waals surface area contributed by atoms with Crippen molar-refractivity contribution >= 4 is 5.84 Å². The average molecular weight is 192 g/mol. The van der Waals surface area contributed by atoms with Crippen LogP contribution in [0.4, 0.5) is 0 Å². The second-order valence-corrected chi connectivity index (χ2v) is 3.68. The Bertz CT molecular complexity index is 332. The summed E-state index contributed by atoms with van der Waals surface area (Å²) in [4.78, 5) is 4.37. The molecule has 0 saturated heterocycles. The van der Waals surface area contributed by atoms with Crippen molar-refractivity contribution in [1.29, 1.82) is 0 Å². The van der Waals surface area contributed by atoms with E-state index in [9.17, 15) is 0 Å². The highest BCUT2D eigenvalue weighted by Crippen LogP contribution is 2.06. The number of nitrogens with zero attached hydrogens (tertiary/aromatic N) is 3. The van der Waals surface area contributed by atoms with Gasteiger partial charge in [-0.2, -0.15) is 5.10 Å². The minimum Gasteiger partial charge on any atom is -0.368 e. The van der Waals surface area contributed by atoms with Gasteiger partial charge in [0.15, 0.2) is 0 Å². The predicted molar refractivity (Wildman–Crippen MR) is 56.3 cm³/mol. The maximum atomic E-state index is 4.37. The number of hydrogen-bond donors (Lipinski definition) is 1. The second-order valence-electron chi connectivity index (χ2n) is 3.68. The van der Waals surface area contributed by atoms with E-state index < -0.39 is 0 Å². The molecule has 0 aromatic carbocycles. The highest BCUT2D eigenvalue weighted by molar-refractivity contribution is 5.83. The average Bonchev–Trinajstić information content (AvgIpc) is 2.76. The lowest BCUT2D eigenvalue weighted by atomic mass is 10.2. The predicted octanol–water partition coefficient (Wildman–Crippen LogP) is 1.01. The largest absolute Gasteiger partial charge is 0.368 e. The van der Waals surface area contributed by atoms with Crippen LogP contribution < -0.4 is 5.32 Å². The van der Waals surface area contributed by atoms with Crippen LogP contribution in [0.15, 0.2) is 11.2 Å². The molecule has 0 spiro atoms. The highest BCUT2D eigenvalue weighted by Gasteiger charge is 2.08. The third-order valence-electron chi connectivity index (χ3n) is 2.60. The summed E-state index contributed by atoms with van der Waals surface area (Å²) in [6, 6.07) is 0. The number of nitrogens with one attached hydrogen (secondary N) is 1. The first-order valence-corrected chi connectivity index (χ1v) is 5.02. The fraction of sp³-hybridized carbons (Fsp3) is 0.600. The molecule has 1 N–H and O–H groups in total. The van der Waals surface area contributed by atoms with E-state index in [4.69, 9.17) is 0 Å². The topological polar surface area (TPSA) is 42.2 Å². The summed E-state index contributed by atoms with van der Waals surface area (Å²) < 4.78 is 1.91. The lowest BCUT2D eigenvalue weighted by Crippen LogP contribution is -2.22. The molecule has 0 bridgehead atoms. The van der Waals surface area contributed by atoms with Crippen LogP contribution in [0.25, 0.3) is 0 Å². The fourth-order valence-corrected chi connectivity index (χ4v) is 1.70. The molecule has 1 aromatic heterocycles. The number of aryl methyl sites for hydroxylation is 2. The van der Waals surface area contributed by atoms with Gasteiger partial charge in [0, 0.05) is 20.0 Å². The van der Waals surface area contributed by atoms with Crippen LogP contribution in [0.3, 0.4) is 0 Å². The van der Waals surface area contributed by atoms with E-state index in [-0.39, 0.29) is 0 Å². The van der Waals surface area contributed by atoms with E-state index in [2.05, 4.69) is 22.3 Å². The molecule has 0 saturated carbocycles. The van der Waals surface area contributed by atoms with Crippen LogP contribution in [0.5, 0.6) is 0 Å². The Labute approximate surface area is 84.0 Å². The first-order chi connectivity index (χ1) is 6.77. The van der Waals surface area contributed by atoms with Gasteiger partial charge in [-0.05, 0) is 18.9 Å². The molecule has 0 fully saturated rings. The molecule has 2 heterocycles. The number of aliphatic imine (C=N–C) groups is 1. The van der Waals surface area contributed by atoms with E-state index >= 15 is 0 Å². The summed E-state index contributed by atoms with van der Waals surface area (Å²) in [5.41, 5.74) is 2.47. The minimum atomic E-state index is 0.834. The quantitative estimate of drug-likeness (QED) is 0.760. The van der Waals surface area contributed by atoms with Gasteiger partial charge in [-0.25, -0.2) is 0 Å². The Kier molecular flexibility index (Phi) is 2.52. The summed E-state index contributed by atoms with van der Waals surface area (Å²) in [5, 5.41) is 7.55. The molecule has 0 amide bonds. The van der Waals surface area contributed by atoms with Crippen molar-refractivity contribution in [2.45, 2.75) is 26.3 Å². The second kappa shape index (κ2) is 3.82. The van der Waals surface area contributed by atoms with Crippen LogP contribution in [-0.2, 0) is 13.6 Å². The van der Waals surface area contributed by atoms with Gasteiger partial charge < -0.3 is 5.32 Å². The standard InChI is InChI=1S/C10H16N4/c1-8-6-13-14(2)9(8)7-12-10-4-3-5-11-10/h6H,3-5,7H2,1-2H3,(H,11,12). The Hall–Kier alpha value is -1.32. The van der Waals surface area contributed by atoms with E-state index in [0.29, 0.717) is 0 Å². The van der Waals surface area contributed by atoms with Gasteiger partial charge in [0.1, 0.15) is 0 Å².